The first-order valence-electron chi connectivity index (χ1n) is 7.63. The van der Waals surface area contributed by atoms with Crippen molar-refractivity contribution < 1.29 is 27.8 Å². The van der Waals surface area contributed by atoms with E-state index in [0.717, 1.165) is 0 Å². The number of rotatable bonds is 4. The van der Waals surface area contributed by atoms with E-state index in [-0.39, 0.29) is 30.8 Å². The maximum absolute atomic E-state index is 12.5. The molecular formula is C15H12F2N4O4S. The number of nitrogens with one attached hydrogen (secondary N) is 1. The molecule has 1 N–H and O–H groups in total. The molecule has 1 unspecified atom stereocenters. The molecule has 0 saturated carbocycles. The van der Waals surface area contributed by atoms with Crippen LogP contribution in [-0.2, 0) is 9.59 Å². The third kappa shape index (κ3) is 3.05. The number of hydrogen-bond donors (Lipinski definition) is 1. The van der Waals surface area contributed by atoms with E-state index in [1.54, 1.807) is 18.2 Å². The van der Waals surface area contributed by atoms with Crippen LogP contribution in [0.5, 0.6) is 11.5 Å². The first-order valence-corrected chi connectivity index (χ1v) is 8.45. The number of alkyl halides is 2. The molecule has 8 nitrogen and oxygen atoms in total. The molecule has 0 aliphatic carbocycles. The van der Waals surface area contributed by atoms with Gasteiger partial charge in [0.25, 0.3) is 6.43 Å². The molecule has 4 rings (SSSR count). The van der Waals surface area contributed by atoms with Gasteiger partial charge in [-0.15, -0.1) is 10.2 Å². The van der Waals surface area contributed by atoms with E-state index in [1.807, 2.05) is 0 Å². The molecule has 2 aliphatic heterocycles. The maximum atomic E-state index is 12.5. The lowest BCUT2D eigenvalue weighted by Gasteiger charge is -2.16. The predicted octanol–water partition coefficient (Wildman–Crippen LogP) is 2.20. The summed E-state index contributed by atoms with van der Waals surface area (Å²) >= 11 is 0.606. The summed E-state index contributed by atoms with van der Waals surface area (Å²) in [4.78, 5) is 26.1. The Morgan fingerprint density at radius 2 is 2.12 bits per heavy atom. The van der Waals surface area contributed by atoms with Crippen LogP contribution in [0.3, 0.4) is 0 Å². The van der Waals surface area contributed by atoms with Crippen molar-refractivity contribution in [2.45, 2.75) is 12.8 Å². The van der Waals surface area contributed by atoms with Gasteiger partial charge in [0, 0.05) is 24.7 Å². The van der Waals surface area contributed by atoms with E-state index >= 15 is 0 Å². The first-order chi connectivity index (χ1) is 12.5. The number of fused-ring (bicyclic) bond motifs is 1. The van der Waals surface area contributed by atoms with E-state index in [2.05, 4.69) is 15.5 Å². The highest BCUT2D eigenvalue weighted by Crippen LogP contribution is 2.37. The molecule has 1 saturated heterocycles. The van der Waals surface area contributed by atoms with Gasteiger partial charge in [0.05, 0.1) is 5.92 Å². The maximum Gasteiger partial charge on any atom is 0.291 e. The van der Waals surface area contributed by atoms with Crippen molar-refractivity contribution in [1.82, 2.24) is 10.2 Å². The number of halogens is 2. The number of nitrogens with zero attached hydrogens (tertiary/aromatic N) is 3. The van der Waals surface area contributed by atoms with Crippen molar-refractivity contribution in [3.63, 3.8) is 0 Å². The Balaban J connectivity index is 1.44. The summed E-state index contributed by atoms with van der Waals surface area (Å²) in [7, 11) is 0. The average Bonchev–Trinajstić information content (AvgIpc) is 3.32. The van der Waals surface area contributed by atoms with Crippen molar-refractivity contribution in [3.05, 3.63) is 23.2 Å². The van der Waals surface area contributed by atoms with E-state index < -0.39 is 23.3 Å². The van der Waals surface area contributed by atoms with Gasteiger partial charge in [-0.3, -0.25) is 9.59 Å². The number of carbonyl (C=O) groups excluding carboxylic acids is 2. The zero-order chi connectivity index (χ0) is 18.3. The molecule has 136 valence electrons. The summed E-state index contributed by atoms with van der Waals surface area (Å²) in [6, 6.07) is 5.09. The molecule has 1 aromatic heterocycles. The second-order valence-corrected chi connectivity index (χ2v) is 6.69. The molecule has 0 spiro atoms. The second kappa shape index (κ2) is 6.48. The third-order valence-corrected chi connectivity index (χ3v) is 4.87. The minimum absolute atomic E-state index is 0.0146. The summed E-state index contributed by atoms with van der Waals surface area (Å²) in [6.45, 7) is 0.297. The van der Waals surface area contributed by atoms with Gasteiger partial charge in [0.2, 0.25) is 23.7 Å². The van der Waals surface area contributed by atoms with Crippen molar-refractivity contribution in [1.29, 1.82) is 0 Å². The third-order valence-electron chi connectivity index (χ3n) is 4.02. The number of carbonyl (C=O) groups is 2. The number of hydrogen-bond acceptors (Lipinski definition) is 7. The number of aromatic nitrogens is 2. The Labute approximate surface area is 149 Å². The standard InChI is InChI=1S/C15H12F2N4O4S/c16-12(17)14-19-20-15(26-14)18-13(23)7-3-11(22)21(5-7)8-1-2-9-10(4-8)25-6-24-9/h1-2,4,7,12H,3,5-6H2,(H,18,20,23). The SMILES string of the molecule is O=C(Nc1nnc(C(F)F)s1)C1CC(=O)N(c2ccc3c(c2)OCO3)C1. The van der Waals surface area contributed by atoms with Crippen LogP contribution in [0.2, 0.25) is 0 Å². The van der Waals surface area contributed by atoms with Crippen LogP contribution in [0, 0.1) is 5.92 Å². The van der Waals surface area contributed by atoms with Crippen LogP contribution in [-0.4, -0.2) is 35.3 Å². The Hall–Kier alpha value is -2.82. The predicted molar refractivity (Wildman–Crippen MR) is 86.5 cm³/mol. The minimum atomic E-state index is -2.74. The Kier molecular flexibility index (Phi) is 4.15. The smallest absolute Gasteiger partial charge is 0.291 e. The van der Waals surface area contributed by atoms with E-state index in [4.69, 9.17) is 9.47 Å². The number of benzene rings is 1. The topological polar surface area (TPSA) is 93.7 Å². The average molecular weight is 382 g/mol. The monoisotopic (exact) mass is 382 g/mol. The van der Waals surface area contributed by atoms with Crippen LogP contribution in [0.4, 0.5) is 19.6 Å². The quantitative estimate of drug-likeness (QED) is 0.871. The first kappa shape index (κ1) is 16.6. The lowest BCUT2D eigenvalue weighted by Crippen LogP contribution is -2.28. The van der Waals surface area contributed by atoms with Crippen molar-refractivity contribution >= 4 is 34.0 Å². The zero-order valence-electron chi connectivity index (χ0n) is 13.1. The van der Waals surface area contributed by atoms with E-state index in [9.17, 15) is 18.4 Å². The molecule has 2 amide bonds. The Bertz CT molecular complexity index is 875. The molecular weight excluding hydrogens is 370 g/mol. The highest BCUT2D eigenvalue weighted by Gasteiger charge is 2.36. The summed E-state index contributed by atoms with van der Waals surface area (Å²) in [5, 5.41) is 8.78. The highest BCUT2D eigenvalue weighted by atomic mass is 32.1. The van der Waals surface area contributed by atoms with Gasteiger partial charge in [-0.05, 0) is 12.1 Å². The summed E-state index contributed by atoms with van der Waals surface area (Å²) in [6.07, 6.45) is -2.73. The molecule has 26 heavy (non-hydrogen) atoms. The number of amides is 2. The molecule has 1 fully saturated rings. The number of ether oxygens (including phenoxy) is 2. The summed E-state index contributed by atoms with van der Waals surface area (Å²) < 4.78 is 35.6. The molecule has 1 atom stereocenters. The second-order valence-electron chi connectivity index (χ2n) is 5.68. The molecule has 1 aromatic carbocycles. The van der Waals surface area contributed by atoms with Gasteiger partial charge in [-0.2, -0.15) is 0 Å². The molecule has 11 heteroatoms. The summed E-state index contributed by atoms with van der Waals surface area (Å²) in [5.74, 6) is -0.155. The van der Waals surface area contributed by atoms with Gasteiger partial charge in [0.1, 0.15) is 0 Å². The number of anilines is 2. The lowest BCUT2D eigenvalue weighted by molar-refractivity contribution is -0.122. The lowest BCUT2D eigenvalue weighted by atomic mass is 10.1. The molecule has 0 radical (unpaired) electrons. The van der Waals surface area contributed by atoms with Gasteiger partial charge >= 0.3 is 0 Å². The van der Waals surface area contributed by atoms with Crippen molar-refractivity contribution in [3.8, 4) is 11.5 Å². The largest absolute Gasteiger partial charge is 0.454 e. The fraction of sp³-hybridized carbons (Fsp3) is 0.333. The highest BCUT2D eigenvalue weighted by molar-refractivity contribution is 7.15. The fourth-order valence-electron chi connectivity index (χ4n) is 2.77. The van der Waals surface area contributed by atoms with E-state index in [0.29, 0.717) is 28.5 Å². The van der Waals surface area contributed by atoms with Crippen LogP contribution in [0.25, 0.3) is 0 Å². The van der Waals surface area contributed by atoms with Gasteiger partial charge in [-0.1, -0.05) is 11.3 Å². The van der Waals surface area contributed by atoms with Crippen LogP contribution in [0.1, 0.15) is 17.9 Å². The van der Waals surface area contributed by atoms with Crippen LogP contribution < -0.4 is 19.7 Å². The summed E-state index contributed by atoms with van der Waals surface area (Å²) in [5.41, 5.74) is 0.602. The van der Waals surface area contributed by atoms with Gasteiger partial charge < -0.3 is 19.7 Å². The molecule has 3 heterocycles. The van der Waals surface area contributed by atoms with Gasteiger partial charge in [-0.25, -0.2) is 8.78 Å². The fourth-order valence-corrected chi connectivity index (χ4v) is 3.37. The van der Waals surface area contributed by atoms with Crippen LogP contribution in [0.15, 0.2) is 18.2 Å². The normalized spacial score (nSPS) is 18.7. The van der Waals surface area contributed by atoms with Crippen LogP contribution >= 0.6 is 11.3 Å². The Morgan fingerprint density at radius 3 is 2.88 bits per heavy atom. The minimum Gasteiger partial charge on any atom is -0.454 e. The van der Waals surface area contributed by atoms with Crippen molar-refractivity contribution in [2.24, 2.45) is 5.92 Å². The zero-order valence-corrected chi connectivity index (χ0v) is 14.0. The van der Waals surface area contributed by atoms with Gasteiger partial charge in [0.15, 0.2) is 16.5 Å². The molecule has 0 bridgehead atoms. The van der Waals surface area contributed by atoms with Crippen molar-refractivity contribution in [2.75, 3.05) is 23.6 Å². The van der Waals surface area contributed by atoms with E-state index in [1.165, 1.54) is 4.90 Å². The molecule has 2 aromatic rings. The Morgan fingerprint density at radius 1 is 1.31 bits per heavy atom. The molecule has 2 aliphatic rings.